The second-order valence-electron chi connectivity index (χ2n) is 5.80. The summed E-state index contributed by atoms with van der Waals surface area (Å²) in [5.41, 5.74) is 10.2. The van der Waals surface area contributed by atoms with Crippen LogP contribution in [0.3, 0.4) is 0 Å². The fourth-order valence-electron chi connectivity index (χ4n) is 3.25. The van der Waals surface area contributed by atoms with Crippen LogP contribution in [0.4, 0.5) is 5.82 Å². The maximum absolute atomic E-state index is 9.60. The van der Waals surface area contributed by atoms with Crippen molar-refractivity contribution in [2.75, 3.05) is 19.5 Å². The Labute approximate surface area is 146 Å². The molecule has 0 amide bonds. The molecule has 2 aromatic rings. The average Bonchev–Trinajstić information content (AvgIpc) is 2.65. The molecule has 2 N–H and O–H groups in total. The number of hydrogen-bond donors (Lipinski definition) is 1. The van der Waals surface area contributed by atoms with Crippen LogP contribution in [0.1, 0.15) is 29.7 Å². The zero-order valence-corrected chi connectivity index (χ0v) is 14.0. The Kier molecular flexibility index (Phi) is 4.72. The van der Waals surface area contributed by atoms with Crippen molar-refractivity contribution in [2.24, 2.45) is 0 Å². The lowest BCUT2D eigenvalue weighted by Gasteiger charge is -2.21. The highest BCUT2D eigenvalue weighted by atomic mass is 16.5. The molecule has 6 nitrogen and oxygen atoms in total. The Morgan fingerprint density at radius 2 is 2.00 bits per heavy atom. The number of hydrogen-bond acceptors (Lipinski definition) is 6. The summed E-state index contributed by atoms with van der Waals surface area (Å²) >= 11 is 0. The lowest BCUT2D eigenvalue weighted by atomic mass is 9.86. The molecule has 1 heterocycles. The Morgan fingerprint density at radius 1 is 1.20 bits per heavy atom. The lowest BCUT2D eigenvalue weighted by Crippen LogP contribution is -2.12. The number of nitrogens with zero attached hydrogens (tertiary/aromatic N) is 3. The van der Waals surface area contributed by atoms with Gasteiger partial charge >= 0.3 is 0 Å². The number of aryl methyl sites for hydroxylation is 1. The minimum atomic E-state index is -0.0588. The van der Waals surface area contributed by atoms with Gasteiger partial charge in [-0.25, -0.2) is 4.98 Å². The predicted octanol–water partition coefficient (Wildman–Crippen LogP) is 2.99. The summed E-state index contributed by atoms with van der Waals surface area (Å²) in [6, 6.07) is 9.56. The van der Waals surface area contributed by atoms with Crippen molar-refractivity contribution < 1.29 is 9.47 Å². The third-order valence-corrected chi connectivity index (χ3v) is 4.36. The van der Waals surface area contributed by atoms with Gasteiger partial charge in [0, 0.05) is 11.3 Å². The third kappa shape index (κ3) is 3.07. The van der Waals surface area contributed by atoms with Crippen molar-refractivity contribution in [2.45, 2.75) is 25.7 Å². The van der Waals surface area contributed by atoms with Crippen LogP contribution in [0, 0.1) is 22.7 Å². The van der Waals surface area contributed by atoms with E-state index in [-0.39, 0.29) is 12.4 Å². The fourth-order valence-corrected chi connectivity index (χ4v) is 3.25. The van der Waals surface area contributed by atoms with Gasteiger partial charge in [0.25, 0.3) is 0 Å². The highest BCUT2D eigenvalue weighted by Gasteiger charge is 2.22. The second-order valence-corrected chi connectivity index (χ2v) is 5.80. The van der Waals surface area contributed by atoms with Crippen LogP contribution in [-0.2, 0) is 12.8 Å². The van der Waals surface area contributed by atoms with E-state index in [1.165, 1.54) is 0 Å². The minimum absolute atomic E-state index is 0.0588. The molecule has 0 saturated carbocycles. The zero-order chi connectivity index (χ0) is 17.8. The largest absolute Gasteiger partial charge is 0.493 e. The van der Waals surface area contributed by atoms with Crippen molar-refractivity contribution in [3.05, 3.63) is 35.0 Å². The Bertz CT molecular complexity index is 894. The Hall–Kier alpha value is -3.25. The van der Waals surface area contributed by atoms with Gasteiger partial charge in [-0.05, 0) is 48.9 Å². The molecule has 0 bridgehead atoms. The SMILES string of the molecule is COc1cc(-c2c(C#N)c(N)nc3c2CCCC3)ccc1OCC#N. The number of ether oxygens (including phenoxy) is 2. The molecule has 1 aromatic carbocycles. The first kappa shape index (κ1) is 16.6. The molecule has 0 unspecified atom stereocenters. The van der Waals surface area contributed by atoms with E-state index in [0.29, 0.717) is 17.1 Å². The first-order valence-electron chi connectivity index (χ1n) is 8.09. The number of fused-ring (bicyclic) bond motifs is 1. The zero-order valence-electron chi connectivity index (χ0n) is 14.0. The molecule has 0 spiro atoms. The number of aromatic nitrogens is 1. The number of methoxy groups -OCH3 is 1. The smallest absolute Gasteiger partial charge is 0.174 e. The molecule has 0 aliphatic heterocycles. The predicted molar refractivity (Wildman–Crippen MR) is 93.1 cm³/mol. The van der Waals surface area contributed by atoms with Crippen LogP contribution >= 0.6 is 0 Å². The van der Waals surface area contributed by atoms with E-state index in [1.807, 2.05) is 18.2 Å². The van der Waals surface area contributed by atoms with Crippen molar-refractivity contribution in [1.82, 2.24) is 4.98 Å². The van der Waals surface area contributed by atoms with Crippen LogP contribution in [0.5, 0.6) is 11.5 Å². The van der Waals surface area contributed by atoms with Gasteiger partial charge in [0.2, 0.25) is 0 Å². The number of anilines is 1. The van der Waals surface area contributed by atoms with Gasteiger partial charge in [-0.2, -0.15) is 10.5 Å². The van der Waals surface area contributed by atoms with Gasteiger partial charge in [-0.15, -0.1) is 0 Å². The number of pyridine rings is 1. The first-order chi connectivity index (χ1) is 12.2. The summed E-state index contributed by atoms with van der Waals surface area (Å²) in [5.74, 6) is 1.26. The van der Waals surface area contributed by atoms with E-state index in [4.69, 9.17) is 20.5 Å². The Balaban J connectivity index is 2.18. The Morgan fingerprint density at radius 3 is 2.72 bits per heavy atom. The molecule has 3 rings (SSSR count). The summed E-state index contributed by atoms with van der Waals surface area (Å²) in [4.78, 5) is 4.43. The van der Waals surface area contributed by atoms with Gasteiger partial charge < -0.3 is 15.2 Å². The standard InChI is InChI=1S/C19H18N4O2/c1-24-17-10-12(6-7-16(17)25-9-8-20)18-13-4-2-3-5-15(13)23-19(22)14(18)11-21/h6-7,10H,2-5,9H2,1H3,(H2,22,23). The monoisotopic (exact) mass is 334 g/mol. The maximum atomic E-state index is 9.60. The van der Waals surface area contributed by atoms with Crippen LogP contribution in [0.2, 0.25) is 0 Å². The summed E-state index contributed by atoms with van der Waals surface area (Å²) in [6.07, 6.45) is 3.90. The lowest BCUT2D eigenvalue weighted by molar-refractivity contribution is 0.330. The van der Waals surface area contributed by atoms with E-state index in [9.17, 15) is 5.26 Å². The van der Waals surface area contributed by atoms with Gasteiger partial charge in [0.1, 0.15) is 23.5 Å². The first-order valence-corrected chi connectivity index (χ1v) is 8.09. The molecular formula is C19H18N4O2. The molecule has 0 saturated heterocycles. The van der Waals surface area contributed by atoms with E-state index in [1.54, 1.807) is 13.2 Å². The average molecular weight is 334 g/mol. The molecule has 6 heteroatoms. The van der Waals surface area contributed by atoms with Gasteiger partial charge in [0.05, 0.1) is 7.11 Å². The summed E-state index contributed by atoms with van der Waals surface area (Å²) < 4.78 is 10.8. The summed E-state index contributed by atoms with van der Waals surface area (Å²) in [7, 11) is 1.54. The molecule has 1 aliphatic carbocycles. The van der Waals surface area contributed by atoms with E-state index in [2.05, 4.69) is 11.1 Å². The number of nitrogen functional groups attached to an aromatic ring is 1. The molecule has 25 heavy (non-hydrogen) atoms. The fraction of sp³-hybridized carbons (Fsp3) is 0.316. The van der Waals surface area contributed by atoms with Crippen LogP contribution in [-0.4, -0.2) is 18.7 Å². The highest BCUT2D eigenvalue weighted by molar-refractivity contribution is 5.80. The van der Waals surface area contributed by atoms with Crippen LogP contribution in [0.15, 0.2) is 18.2 Å². The normalized spacial score (nSPS) is 12.6. The van der Waals surface area contributed by atoms with Crippen molar-refractivity contribution in [3.8, 4) is 34.8 Å². The van der Waals surface area contributed by atoms with Crippen LogP contribution in [0.25, 0.3) is 11.1 Å². The molecule has 0 radical (unpaired) electrons. The van der Waals surface area contributed by atoms with Gasteiger partial charge in [-0.3, -0.25) is 0 Å². The number of rotatable bonds is 4. The molecule has 126 valence electrons. The molecule has 0 fully saturated rings. The van der Waals surface area contributed by atoms with Crippen molar-refractivity contribution in [1.29, 1.82) is 10.5 Å². The van der Waals surface area contributed by atoms with E-state index < -0.39 is 0 Å². The maximum Gasteiger partial charge on any atom is 0.174 e. The quantitative estimate of drug-likeness (QED) is 0.921. The molecule has 1 aromatic heterocycles. The van der Waals surface area contributed by atoms with E-state index >= 15 is 0 Å². The van der Waals surface area contributed by atoms with Crippen LogP contribution < -0.4 is 15.2 Å². The van der Waals surface area contributed by atoms with Gasteiger partial charge in [-0.1, -0.05) is 6.07 Å². The molecular weight excluding hydrogens is 316 g/mol. The molecule has 0 atom stereocenters. The van der Waals surface area contributed by atoms with Crippen molar-refractivity contribution >= 4 is 5.82 Å². The molecule has 1 aliphatic rings. The van der Waals surface area contributed by atoms with Gasteiger partial charge in [0.15, 0.2) is 18.1 Å². The second kappa shape index (κ2) is 7.11. The van der Waals surface area contributed by atoms with Crippen molar-refractivity contribution in [3.63, 3.8) is 0 Å². The minimum Gasteiger partial charge on any atom is -0.493 e. The summed E-state index contributed by atoms with van der Waals surface area (Å²) in [6.45, 7) is -0.0588. The summed E-state index contributed by atoms with van der Waals surface area (Å²) in [5, 5.41) is 18.3. The number of nitrogens with two attached hydrogens (primary N) is 1. The number of benzene rings is 1. The number of nitriles is 2. The topological polar surface area (TPSA) is 105 Å². The van der Waals surface area contributed by atoms with E-state index in [0.717, 1.165) is 48.1 Å². The third-order valence-electron chi connectivity index (χ3n) is 4.36. The highest BCUT2D eigenvalue weighted by Crippen LogP contribution is 2.39.